The first-order valence-corrected chi connectivity index (χ1v) is 11.8. The molecule has 0 aliphatic heterocycles. The molecule has 0 aliphatic rings. The van der Waals surface area contributed by atoms with Crippen molar-refractivity contribution >= 4 is 22.1 Å². The number of fused-ring (bicyclic) bond motifs is 2. The Bertz CT molecular complexity index is 1320. The van der Waals surface area contributed by atoms with Crippen molar-refractivity contribution < 1.29 is 63.8 Å². The number of para-hydroxylation sites is 4. The fourth-order valence-corrected chi connectivity index (χ4v) is 4.09. The van der Waals surface area contributed by atoms with E-state index in [1.165, 1.54) is 0 Å². The molecule has 0 atom stereocenters. The predicted octanol–water partition coefficient (Wildman–Crippen LogP) is -3.11. The molecule has 3 aromatic heterocycles. The van der Waals surface area contributed by atoms with Gasteiger partial charge in [-0.1, -0.05) is 44.2 Å². The van der Waals surface area contributed by atoms with Crippen molar-refractivity contribution in [3.05, 3.63) is 66.7 Å². The number of nitrogens with zero attached hydrogens (tertiary/aromatic N) is 5. The van der Waals surface area contributed by atoms with Gasteiger partial charge >= 0.3 is 17.1 Å². The predicted molar refractivity (Wildman–Crippen MR) is 134 cm³/mol. The van der Waals surface area contributed by atoms with Crippen LogP contribution in [-0.4, -0.2) is 37.3 Å². The van der Waals surface area contributed by atoms with Crippen LogP contribution in [0.2, 0.25) is 0 Å². The fourth-order valence-electron chi connectivity index (χ4n) is 4.09. The van der Waals surface area contributed by atoms with Gasteiger partial charge in [-0.05, 0) is 49.2 Å². The summed E-state index contributed by atoms with van der Waals surface area (Å²) in [4.78, 5) is 14.8. The summed E-state index contributed by atoms with van der Waals surface area (Å²) in [5.74, 6) is 1.56. The largest absolute Gasteiger partial charge is 3.00 e. The topological polar surface area (TPSA) is 67.0 Å². The summed E-state index contributed by atoms with van der Waals surface area (Å²) in [6.45, 7) is 6.46. The van der Waals surface area contributed by atoms with Crippen LogP contribution < -0.4 is 37.2 Å². The zero-order chi connectivity index (χ0) is 23.3. The van der Waals surface area contributed by atoms with Gasteiger partial charge in [0.15, 0.2) is 11.6 Å². The molecule has 5 rings (SSSR count). The molecule has 0 bridgehead atoms. The number of pyridine rings is 1. The first-order valence-electron chi connectivity index (χ1n) is 11.8. The molecule has 0 unspecified atom stereocenters. The molecule has 5 aromatic rings. The van der Waals surface area contributed by atoms with Crippen molar-refractivity contribution in [2.75, 3.05) is 13.2 Å². The zero-order valence-corrected chi connectivity index (χ0v) is 24.5. The maximum Gasteiger partial charge on any atom is 3.00 e. The Morgan fingerprint density at radius 2 is 1.00 bits per heavy atom. The summed E-state index contributed by atoms with van der Waals surface area (Å²) < 4.78 is 16.0. The van der Waals surface area contributed by atoms with Crippen LogP contribution in [0.1, 0.15) is 26.7 Å². The van der Waals surface area contributed by atoms with Crippen molar-refractivity contribution in [1.29, 1.82) is 0 Å². The minimum Gasteiger partial charge on any atom is -1.00 e. The molecular weight excluding hydrogens is 589 g/mol. The molecule has 0 spiro atoms. The number of imidazole rings is 2. The van der Waals surface area contributed by atoms with E-state index in [0.29, 0.717) is 26.7 Å². The van der Waals surface area contributed by atoms with Gasteiger partial charge in [-0.2, -0.15) is 0 Å². The van der Waals surface area contributed by atoms with Gasteiger partial charge in [0.2, 0.25) is 0 Å². The van der Waals surface area contributed by atoms with E-state index in [2.05, 4.69) is 35.1 Å². The second-order valence-corrected chi connectivity index (χ2v) is 8.19. The smallest absolute Gasteiger partial charge is 1.00 e. The van der Waals surface area contributed by atoms with Crippen LogP contribution in [0.25, 0.3) is 45.1 Å². The number of halogens is 3. The number of hydrogen-bond donors (Lipinski definition) is 0. The van der Waals surface area contributed by atoms with Crippen molar-refractivity contribution in [1.82, 2.24) is 24.1 Å². The van der Waals surface area contributed by atoms with Crippen molar-refractivity contribution in [2.45, 2.75) is 40.2 Å². The molecule has 0 aliphatic carbocycles. The Balaban J connectivity index is 0.00000180. The molecule has 11 heteroatoms. The van der Waals surface area contributed by atoms with E-state index in [4.69, 9.17) is 24.4 Å². The summed E-state index contributed by atoms with van der Waals surface area (Å²) in [7, 11) is 0. The summed E-state index contributed by atoms with van der Waals surface area (Å²) in [6, 6.07) is 22.2. The zero-order valence-electron chi connectivity index (χ0n) is 21.1. The molecule has 2 aromatic carbocycles. The maximum atomic E-state index is 5.89. The van der Waals surface area contributed by atoms with Crippen LogP contribution in [0.3, 0.4) is 0 Å². The van der Waals surface area contributed by atoms with Crippen molar-refractivity contribution in [3.63, 3.8) is 0 Å². The second kappa shape index (κ2) is 16.1. The molecule has 3 heterocycles. The Kier molecular flexibility index (Phi) is 14.3. The summed E-state index contributed by atoms with van der Waals surface area (Å²) >= 11 is 0. The molecule has 0 fully saturated rings. The van der Waals surface area contributed by atoms with Gasteiger partial charge in [-0.25, -0.2) is 15.0 Å². The van der Waals surface area contributed by atoms with E-state index in [1.807, 2.05) is 54.6 Å². The molecule has 0 saturated carbocycles. The Labute approximate surface area is 252 Å². The molecule has 0 amide bonds. The Hall–Kier alpha value is -2.16. The SMILES string of the molecule is CCCOCn1c(-c2cccc(-c3nc4ccccc4n3COCCC)n2)nc2ccccc21.[Cl-].[Cl-].[Cl-].[Fe+3]. The molecule has 7 nitrogen and oxygen atoms in total. The molecule has 1 radical (unpaired) electrons. The Morgan fingerprint density at radius 3 is 1.42 bits per heavy atom. The molecule has 0 N–H and O–H groups in total. The standard InChI is InChI=1S/C27H29N5O2.3ClH.Fe/c1-3-16-33-18-31-24-14-7-5-10-20(24)29-26(31)22-12-9-13-23(28-22)27-30-21-11-6-8-15-25(21)32(27)19-34-17-4-2;;;;/h5-15H,3-4,16-19H2,1-2H3;3*1H;/q;;;;+3/p-3. The van der Waals surface area contributed by atoms with Gasteiger partial charge in [-0.3, -0.25) is 9.13 Å². The van der Waals surface area contributed by atoms with Gasteiger partial charge in [-0.15, -0.1) is 0 Å². The van der Waals surface area contributed by atoms with Gasteiger partial charge in [0.05, 0.1) is 22.1 Å². The van der Waals surface area contributed by atoms with Gasteiger partial charge in [0, 0.05) is 13.2 Å². The van der Waals surface area contributed by atoms with Gasteiger partial charge < -0.3 is 46.7 Å². The second-order valence-electron chi connectivity index (χ2n) is 8.19. The maximum absolute atomic E-state index is 5.89. The summed E-state index contributed by atoms with van der Waals surface area (Å²) in [5, 5.41) is 0. The minimum absolute atomic E-state index is 0. The monoisotopic (exact) mass is 616 g/mol. The van der Waals surface area contributed by atoms with E-state index in [-0.39, 0.29) is 54.3 Å². The van der Waals surface area contributed by atoms with E-state index in [1.54, 1.807) is 0 Å². The molecule has 38 heavy (non-hydrogen) atoms. The molecule has 0 saturated heterocycles. The van der Waals surface area contributed by atoms with E-state index >= 15 is 0 Å². The van der Waals surface area contributed by atoms with Crippen LogP contribution in [0.5, 0.6) is 0 Å². The number of rotatable bonds is 10. The van der Waals surface area contributed by atoms with Crippen LogP contribution in [-0.2, 0) is 40.0 Å². The average molecular weight is 618 g/mol. The third kappa shape index (κ3) is 7.07. The van der Waals surface area contributed by atoms with E-state index < -0.39 is 0 Å². The van der Waals surface area contributed by atoms with Gasteiger partial charge in [0.25, 0.3) is 0 Å². The summed E-state index contributed by atoms with van der Waals surface area (Å²) in [5.41, 5.74) is 5.46. The number of aromatic nitrogens is 5. The van der Waals surface area contributed by atoms with Crippen LogP contribution in [0.15, 0.2) is 66.7 Å². The van der Waals surface area contributed by atoms with Crippen molar-refractivity contribution in [3.8, 4) is 23.0 Å². The number of ether oxygens (including phenoxy) is 2. The quantitative estimate of drug-likeness (QED) is 0.123. The fraction of sp³-hybridized carbons (Fsp3) is 0.296. The third-order valence-corrected chi connectivity index (χ3v) is 5.65. The third-order valence-electron chi connectivity index (χ3n) is 5.65. The van der Waals surface area contributed by atoms with E-state index in [0.717, 1.165) is 57.9 Å². The summed E-state index contributed by atoms with van der Waals surface area (Å²) in [6.07, 6.45) is 1.93. The molecular formula is C27H29Cl3FeN5O2. The van der Waals surface area contributed by atoms with Crippen molar-refractivity contribution in [2.24, 2.45) is 0 Å². The molecule has 203 valence electrons. The minimum atomic E-state index is 0. The first kappa shape index (κ1) is 33.9. The Morgan fingerprint density at radius 1 is 0.579 bits per heavy atom. The van der Waals surface area contributed by atoms with Crippen LogP contribution in [0, 0.1) is 0 Å². The number of benzene rings is 2. The first-order chi connectivity index (χ1) is 16.8. The average Bonchev–Trinajstić information content (AvgIpc) is 3.43. The van der Waals surface area contributed by atoms with Crippen LogP contribution >= 0.6 is 0 Å². The normalized spacial score (nSPS) is 10.4. The van der Waals surface area contributed by atoms with Gasteiger partial charge in [0.1, 0.15) is 24.8 Å². The van der Waals surface area contributed by atoms with E-state index in [9.17, 15) is 0 Å². The van der Waals surface area contributed by atoms with Crippen LogP contribution in [0.4, 0.5) is 0 Å². The number of hydrogen-bond acceptors (Lipinski definition) is 5.